The molecule has 2 heteroatoms. The first-order valence-electron chi connectivity index (χ1n) is 5.46. The molecule has 0 bridgehead atoms. The van der Waals surface area contributed by atoms with Crippen LogP contribution in [-0.2, 0) is 0 Å². The third kappa shape index (κ3) is 2.07. The monoisotopic (exact) mass is 226 g/mol. The van der Waals surface area contributed by atoms with Crippen LogP contribution in [0.1, 0.15) is 15.9 Å². The van der Waals surface area contributed by atoms with Crippen molar-refractivity contribution in [2.24, 2.45) is 0 Å². The van der Waals surface area contributed by atoms with Gasteiger partial charge in [-0.2, -0.15) is 0 Å². The molecular formula is C15H14O2. The largest absolute Gasteiger partial charge is 0.496 e. The van der Waals surface area contributed by atoms with Crippen molar-refractivity contribution in [3.63, 3.8) is 0 Å². The van der Waals surface area contributed by atoms with Crippen LogP contribution in [0, 0.1) is 6.92 Å². The smallest absolute Gasteiger partial charge is 0.154 e. The zero-order valence-electron chi connectivity index (χ0n) is 9.94. The summed E-state index contributed by atoms with van der Waals surface area (Å²) in [7, 11) is 1.59. The van der Waals surface area contributed by atoms with Crippen LogP contribution in [0.3, 0.4) is 0 Å². The topological polar surface area (TPSA) is 26.3 Å². The molecule has 17 heavy (non-hydrogen) atoms. The Balaban J connectivity index is 2.67. The van der Waals surface area contributed by atoms with E-state index in [1.807, 2.05) is 49.4 Å². The van der Waals surface area contributed by atoms with E-state index in [2.05, 4.69) is 0 Å². The molecule has 0 aliphatic heterocycles. The first kappa shape index (κ1) is 11.4. The lowest BCUT2D eigenvalue weighted by Gasteiger charge is -2.12. The Morgan fingerprint density at radius 3 is 2.35 bits per heavy atom. The van der Waals surface area contributed by atoms with Gasteiger partial charge in [0.15, 0.2) is 6.29 Å². The maximum atomic E-state index is 11.3. The molecule has 0 amide bonds. The number of carbonyl (C=O) groups excluding carboxylic acids is 1. The second-order valence-corrected chi connectivity index (χ2v) is 3.86. The van der Waals surface area contributed by atoms with Crippen molar-refractivity contribution in [2.75, 3.05) is 7.11 Å². The van der Waals surface area contributed by atoms with Crippen LogP contribution in [0.4, 0.5) is 0 Å². The normalized spacial score (nSPS) is 10.0. The number of aldehydes is 1. The third-order valence-electron chi connectivity index (χ3n) is 2.80. The molecule has 0 heterocycles. The average Bonchev–Trinajstić information content (AvgIpc) is 2.39. The highest BCUT2D eigenvalue weighted by atomic mass is 16.5. The standard InChI is InChI=1S/C15H14O2/c1-11-8-9-13(12-6-4-3-5-7-12)14(10-16)15(11)17-2/h3-10H,1-2H3. The molecule has 0 saturated carbocycles. The van der Waals surface area contributed by atoms with E-state index in [-0.39, 0.29) is 0 Å². The molecule has 0 aromatic heterocycles. The maximum Gasteiger partial charge on any atom is 0.154 e. The predicted molar refractivity (Wildman–Crippen MR) is 68.6 cm³/mol. The highest BCUT2D eigenvalue weighted by molar-refractivity contribution is 5.91. The number of benzene rings is 2. The summed E-state index contributed by atoms with van der Waals surface area (Å²) in [6, 6.07) is 13.8. The zero-order valence-corrected chi connectivity index (χ0v) is 9.94. The molecule has 2 nitrogen and oxygen atoms in total. The van der Waals surface area contributed by atoms with E-state index in [0.717, 1.165) is 23.0 Å². The minimum absolute atomic E-state index is 0.610. The molecule has 0 aliphatic rings. The third-order valence-corrected chi connectivity index (χ3v) is 2.80. The Bertz CT molecular complexity index is 530. The Kier molecular flexibility index (Phi) is 3.24. The SMILES string of the molecule is COc1c(C)ccc(-c2ccccc2)c1C=O. The Hall–Kier alpha value is -2.09. The summed E-state index contributed by atoms with van der Waals surface area (Å²) in [4.78, 5) is 11.3. The lowest BCUT2D eigenvalue weighted by molar-refractivity contribution is 0.112. The lowest BCUT2D eigenvalue weighted by atomic mass is 9.97. The van der Waals surface area contributed by atoms with Gasteiger partial charge in [0.1, 0.15) is 5.75 Å². The van der Waals surface area contributed by atoms with Gasteiger partial charge >= 0.3 is 0 Å². The van der Waals surface area contributed by atoms with Gasteiger partial charge in [0, 0.05) is 0 Å². The summed E-state index contributed by atoms with van der Waals surface area (Å²) in [5.41, 5.74) is 3.50. The molecular weight excluding hydrogens is 212 g/mol. The fourth-order valence-electron chi connectivity index (χ4n) is 1.97. The zero-order chi connectivity index (χ0) is 12.3. The van der Waals surface area contributed by atoms with Crippen LogP contribution in [0.15, 0.2) is 42.5 Å². The molecule has 0 aliphatic carbocycles. The van der Waals surface area contributed by atoms with E-state index >= 15 is 0 Å². The highest BCUT2D eigenvalue weighted by Gasteiger charge is 2.12. The number of hydrogen-bond acceptors (Lipinski definition) is 2. The highest BCUT2D eigenvalue weighted by Crippen LogP contribution is 2.31. The molecule has 0 fully saturated rings. The van der Waals surface area contributed by atoms with Gasteiger partial charge in [0.2, 0.25) is 0 Å². The molecule has 0 saturated heterocycles. The van der Waals surface area contributed by atoms with Crippen molar-refractivity contribution >= 4 is 6.29 Å². The molecule has 86 valence electrons. The van der Waals surface area contributed by atoms with Crippen molar-refractivity contribution in [1.29, 1.82) is 0 Å². The van der Waals surface area contributed by atoms with Gasteiger partial charge in [-0.25, -0.2) is 0 Å². The van der Waals surface area contributed by atoms with Gasteiger partial charge in [-0.3, -0.25) is 4.79 Å². The van der Waals surface area contributed by atoms with E-state index in [1.54, 1.807) is 7.11 Å². The Morgan fingerprint density at radius 2 is 1.76 bits per heavy atom. The maximum absolute atomic E-state index is 11.3. The molecule has 2 aromatic carbocycles. The van der Waals surface area contributed by atoms with E-state index < -0.39 is 0 Å². The van der Waals surface area contributed by atoms with Crippen molar-refractivity contribution in [3.8, 4) is 16.9 Å². The van der Waals surface area contributed by atoms with Crippen molar-refractivity contribution in [1.82, 2.24) is 0 Å². The summed E-state index contributed by atoms with van der Waals surface area (Å²) in [5, 5.41) is 0. The van der Waals surface area contributed by atoms with Gasteiger partial charge in [-0.05, 0) is 23.6 Å². The quantitative estimate of drug-likeness (QED) is 0.749. The summed E-state index contributed by atoms with van der Waals surface area (Å²) >= 11 is 0. The van der Waals surface area contributed by atoms with Crippen LogP contribution < -0.4 is 4.74 Å². The molecule has 0 unspecified atom stereocenters. The summed E-state index contributed by atoms with van der Waals surface area (Å²) in [5.74, 6) is 0.654. The van der Waals surface area contributed by atoms with Crippen LogP contribution in [0.2, 0.25) is 0 Å². The number of aryl methyl sites for hydroxylation is 1. The minimum atomic E-state index is 0.610. The fraction of sp³-hybridized carbons (Fsp3) is 0.133. The molecule has 2 rings (SSSR count). The Labute approximate surface area is 101 Å². The molecule has 2 aromatic rings. The van der Waals surface area contributed by atoms with Crippen molar-refractivity contribution in [2.45, 2.75) is 6.92 Å². The van der Waals surface area contributed by atoms with Gasteiger partial charge < -0.3 is 4.74 Å². The van der Waals surface area contributed by atoms with Crippen LogP contribution in [-0.4, -0.2) is 13.4 Å². The number of carbonyl (C=O) groups is 1. The van der Waals surface area contributed by atoms with Crippen molar-refractivity contribution in [3.05, 3.63) is 53.6 Å². The minimum Gasteiger partial charge on any atom is -0.496 e. The van der Waals surface area contributed by atoms with E-state index in [0.29, 0.717) is 11.3 Å². The second-order valence-electron chi connectivity index (χ2n) is 3.86. The Morgan fingerprint density at radius 1 is 1.06 bits per heavy atom. The first-order chi connectivity index (χ1) is 8.27. The van der Waals surface area contributed by atoms with Crippen LogP contribution in [0.25, 0.3) is 11.1 Å². The summed E-state index contributed by atoms with van der Waals surface area (Å²) in [6.45, 7) is 1.93. The van der Waals surface area contributed by atoms with E-state index in [1.165, 1.54) is 0 Å². The molecule has 0 atom stereocenters. The number of hydrogen-bond donors (Lipinski definition) is 0. The average molecular weight is 226 g/mol. The van der Waals surface area contributed by atoms with Crippen molar-refractivity contribution < 1.29 is 9.53 Å². The van der Waals surface area contributed by atoms with Gasteiger partial charge in [0.25, 0.3) is 0 Å². The number of ether oxygens (including phenoxy) is 1. The molecule has 0 spiro atoms. The van der Waals surface area contributed by atoms with Crippen LogP contribution >= 0.6 is 0 Å². The van der Waals surface area contributed by atoms with Gasteiger partial charge in [-0.15, -0.1) is 0 Å². The first-order valence-corrected chi connectivity index (χ1v) is 5.46. The van der Waals surface area contributed by atoms with E-state index in [9.17, 15) is 4.79 Å². The van der Waals surface area contributed by atoms with Gasteiger partial charge in [-0.1, -0.05) is 42.5 Å². The van der Waals surface area contributed by atoms with E-state index in [4.69, 9.17) is 4.74 Å². The molecule has 0 radical (unpaired) electrons. The fourth-order valence-corrected chi connectivity index (χ4v) is 1.97. The number of methoxy groups -OCH3 is 1. The van der Waals surface area contributed by atoms with Crippen LogP contribution in [0.5, 0.6) is 5.75 Å². The summed E-state index contributed by atoms with van der Waals surface area (Å²) < 4.78 is 5.30. The number of rotatable bonds is 3. The molecule has 0 N–H and O–H groups in total. The summed E-state index contributed by atoms with van der Waals surface area (Å²) in [6.07, 6.45) is 0.855. The van der Waals surface area contributed by atoms with Gasteiger partial charge in [0.05, 0.1) is 12.7 Å². The second kappa shape index (κ2) is 4.83. The lowest BCUT2D eigenvalue weighted by Crippen LogP contribution is -1.96. The predicted octanol–water partition coefficient (Wildman–Crippen LogP) is 3.48.